The van der Waals surface area contributed by atoms with Crippen LogP contribution in [0.15, 0.2) is 48.5 Å². The number of rotatable bonds is 5. The van der Waals surface area contributed by atoms with E-state index in [1.165, 1.54) is 5.56 Å². The van der Waals surface area contributed by atoms with Crippen LogP contribution < -0.4 is 4.74 Å². The summed E-state index contributed by atoms with van der Waals surface area (Å²) in [6.07, 6.45) is 5.07. The molecule has 1 aromatic heterocycles. The number of hydrogen-bond donors (Lipinski definition) is 0. The van der Waals surface area contributed by atoms with E-state index in [0.29, 0.717) is 39.3 Å². The first-order valence-corrected chi connectivity index (χ1v) is 13.8. The summed E-state index contributed by atoms with van der Waals surface area (Å²) in [4.78, 5) is 31.2. The zero-order chi connectivity index (χ0) is 26.4. The fourth-order valence-electron chi connectivity index (χ4n) is 5.44. The molecular weight excluding hydrogens is 482 g/mol. The molecule has 2 aliphatic rings. The van der Waals surface area contributed by atoms with Crippen molar-refractivity contribution < 1.29 is 19.1 Å². The molecule has 3 aromatic rings. The van der Waals surface area contributed by atoms with Crippen LogP contribution in [-0.2, 0) is 27.3 Å². The van der Waals surface area contributed by atoms with Crippen LogP contribution in [0.2, 0.25) is 0 Å². The van der Waals surface area contributed by atoms with Crippen LogP contribution in [0.3, 0.4) is 0 Å². The maximum atomic E-state index is 14.1. The lowest BCUT2D eigenvalue weighted by Gasteiger charge is -2.44. The molecule has 1 spiro atoms. The minimum atomic E-state index is -1.05. The Morgan fingerprint density at radius 2 is 1.89 bits per heavy atom. The standard InChI is InChI=1S/C29H37N5O4/c1-2-3-16-32-17-19-37-26-14-7-4-10-23(26)11-8-9-15-29(28(32)36)22-33(18-20-38-29)27(35)21-34-25-13-6-5-12-24(25)30-31-34/h4-7,10,12-14H,2-3,8-9,11,15-22H2,1H3. The number of aromatic nitrogens is 3. The van der Waals surface area contributed by atoms with Gasteiger partial charge in [0.25, 0.3) is 5.91 Å². The summed E-state index contributed by atoms with van der Waals surface area (Å²) in [7, 11) is 0. The number of amides is 2. The summed E-state index contributed by atoms with van der Waals surface area (Å²) < 4.78 is 14.1. The Hall–Kier alpha value is -3.46. The lowest BCUT2D eigenvalue weighted by Crippen LogP contribution is -2.62. The summed E-state index contributed by atoms with van der Waals surface area (Å²) in [6, 6.07) is 15.7. The third-order valence-electron chi connectivity index (χ3n) is 7.57. The molecule has 1 saturated heterocycles. The van der Waals surface area contributed by atoms with Crippen LogP contribution in [-0.4, -0.2) is 81.6 Å². The maximum Gasteiger partial charge on any atom is 0.256 e. The van der Waals surface area contributed by atoms with Crippen molar-refractivity contribution in [3.8, 4) is 5.75 Å². The van der Waals surface area contributed by atoms with Gasteiger partial charge in [0.1, 0.15) is 24.4 Å². The van der Waals surface area contributed by atoms with Gasteiger partial charge in [-0.15, -0.1) is 5.10 Å². The van der Waals surface area contributed by atoms with Gasteiger partial charge in [0, 0.05) is 13.1 Å². The van der Waals surface area contributed by atoms with Crippen molar-refractivity contribution in [3.63, 3.8) is 0 Å². The van der Waals surface area contributed by atoms with Gasteiger partial charge >= 0.3 is 0 Å². The van der Waals surface area contributed by atoms with E-state index in [1.807, 2.05) is 47.4 Å². The van der Waals surface area contributed by atoms with Crippen molar-refractivity contribution >= 4 is 22.8 Å². The van der Waals surface area contributed by atoms with E-state index < -0.39 is 5.60 Å². The van der Waals surface area contributed by atoms with Gasteiger partial charge in [0.05, 0.1) is 25.2 Å². The fraction of sp³-hybridized carbons (Fsp3) is 0.517. The van der Waals surface area contributed by atoms with Gasteiger partial charge in [-0.2, -0.15) is 0 Å². The molecule has 2 amide bonds. The van der Waals surface area contributed by atoms with E-state index in [0.717, 1.165) is 48.9 Å². The molecule has 1 fully saturated rings. The number of carbonyl (C=O) groups excluding carboxylic acids is 2. The molecule has 1 unspecified atom stereocenters. The van der Waals surface area contributed by atoms with E-state index in [9.17, 15) is 9.59 Å². The quantitative estimate of drug-likeness (QED) is 0.513. The lowest BCUT2D eigenvalue weighted by atomic mass is 9.90. The van der Waals surface area contributed by atoms with Crippen molar-refractivity contribution in [1.29, 1.82) is 0 Å². The molecular formula is C29H37N5O4. The number of aryl methyl sites for hydroxylation is 1. The highest BCUT2D eigenvalue weighted by molar-refractivity contribution is 5.87. The van der Waals surface area contributed by atoms with Crippen LogP contribution in [0, 0.1) is 0 Å². The molecule has 9 heteroatoms. The number of unbranched alkanes of at least 4 members (excludes halogenated alkanes) is 1. The van der Waals surface area contributed by atoms with Gasteiger partial charge in [-0.1, -0.05) is 48.9 Å². The monoisotopic (exact) mass is 519 g/mol. The van der Waals surface area contributed by atoms with E-state index in [1.54, 1.807) is 9.58 Å². The van der Waals surface area contributed by atoms with Crippen LogP contribution in [0.5, 0.6) is 5.75 Å². The number of fused-ring (bicyclic) bond motifs is 2. The Bertz CT molecular complexity index is 1260. The zero-order valence-corrected chi connectivity index (χ0v) is 22.2. The largest absolute Gasteiger partial charge is 0.491 e. The van der Waals surface area contributed by atoms with Crippen LogP contribution >= 0.6 is 0 Å². The van der Waals surface area contributed by atoms with E-state index in [2.05, 4.69) is 23.3 Å². The molecule has 1 atom stereocenters. The lowest BCUT2D eigenvalue weighted by molar-refractivity contribution is -0.177. The highest BCUT2D eigenvalue weighted by Crippen LogP contribution is 2.30. The van der Waals surface area contributed by atoms with Gasteiger partial charge in [0.15, 0.2) is 5.60 Å². The number of nitrogens with zero attached hydrogens (tertiary/aromatic N) is 5. The minimum Gasteiger partial charge on any atom is -0.491 e. The number of morpholine rings is 1. The van der Waals surface area contributed by atoms with Crippen molar-refractivity contribution in [2.75, 3.05) is 39.4 Å². The van der Waals surface area contributed by atoms with Crippen molar-refractivity contribution in [3.05, 3.63) is 54.1 Å². The van der Waals surface area contributed by atoms with Gasteiger partial charge in [-0.25, -0.2) is 4.68 Å². The third-order valence-corrected chi connectivity index (χ3v) is 7.57. The molecule has 0 aliphatic carbocycles. The SMILES string of the molecule is CCCCN1CCOc2ccccc2CCCCC2(CN(C(=O)Cn3nnc4ccccc43)CCO2)C1=O. The number of ether oxygens (including phenoxy) is 2. The molecule has 0 radical (unpaired) electrons. The fourth-order valence-corrected chi connectivity index (χ4v) is 5.44. The molecule has 202 valence electrons. The summed E-state index contributed by atoms with van der Waals surface area (Å²) in [5, 5.41) is 8.35. The summed E-state index contributed by atoms with van der Waals surface area (Å²) in [5.41, 5.74) is 1.71. The Morgan fingerprint density at radius 1 is 1.05 bits per heavy atom. The average molecular weight is 520 g/mol. The van der Waals surface area contributed by atoms with E-state index >= 15 is 0 Å². The van der Waals surface area contributed by atoms with Crippen molar-refractivity contribution in [2.24, 2.45) is 0 Å². The predicted molar refractivity (Wildman–Crippen MR) is 144 cm³/mol. The second kappa shape index (κ2) is 11.9. The molecule has 5 rings (SSSR count). The Labute approximate surface area is 223 Å². The minimum absolute atomic E-state index is 0.0351. The van der Waals surface area contributed by atoms with Crippen LogP contribution in [0.25, 0.3) is 11.0 Å². The van der Waals surface area contributed by atoms with Gasteiger partial charge in [-0.3, -0.25) is 9.59 Å². The number of carbonyl (C=O) groups is 2. The second-order valence-corrected chi connectivity index (χ2v) is 10.2. The summed E-state index contributed by atoms with van der Waals surface area (Å²) in [6.45, 7) is 4.77. The molecule has 9 nitrogen and oxygen atoms in total. The van der Waals surface area contributed by atoms with Crippen molar-refractivity contribution in [1.82, 2.24) is 24.8 Å². The smallest absolute Gasteiger partial charge is 0.256 e. The number of para-hydroxylation sites is 2. The Balaban J connectivity index is 1.36. The topological polar surface area (TPSA) is 89.8 Å². The van der Waals surface area contributed by atoms with E-state index in [4.69, 9.17) is 9.47 Å². The molecule has 38 heavy (non-hydrogen) atoms. The van der Waals surface area contributed by atoms with Crippen LogP contribution in [0.1, 0.15) is 44.6 Å². The first-order chi connectivity index (χ1) is 18.6. The third kappa shape index (κ3) is 5.67. The normalized spacial score (nSPS) is 21.0. The molecule has 2 aliphatic heterocycles. The highest BCUT2D eigenvalue weighted by Gasteiger charge is 2.46. The Kier molecular flexibility index (Phi) is 8.22. The summed E-state index contributed by atoms with van der Waals surface area (Å²) in [5.74, 6) is 0.781. The molecule has 0 saturated carbocycles. The maximum absolute atomic E-state index is 14.1. The number of hydrogen-bond acceptors (Lipinski definition) is 6. The zero-order valence-electron chi connectivity index (χ0n) is 22.2. The Morgan fingerprint density at radius 3 is 2.79 bits per heavy atom. The molecule has 3 heterocycles. The van der Waals surface area contributed by atoms with Gasteiger partial charge in [-0.05, 0) is 55.9 Å². The first kappa shape index (κ1) is 26.2. The van der Waals surface area contributed by atoms with E-state index in [-0.39, 0.29) is 24.9 Å². The first-order valence-electron chi connectivity index (χ1n) is 13.8. The predicted octanol–water partition coefficient (Wildman–Crippen LogP) is 3.46. The van der Waals surface area contributed by atoms with Crippen LogP contribution in [0.4, 0.5) is 0 Å². The average Bonchev–Trinajstić information content (AvgIpc) is 3.35. The van der Waals surface area contributed by atoms with Gasteiger partial charge < -0.3 is 19.3 Å². The molecule has 0 N–H and O–H groups in total. The number of benzene rings is 2. The van der Waals surface area contributed by atoms with Crippen molar-refractivity contribution in [2.45, 2.75) is 57.6 Å². The molecule has 2 aromatic carbocycles. The summed E-state index contributed by atoms with van der Waals surface area (Å²) >= 11 is 0. The molecule has 0 bridgehead atoms. The highest BCUT2D eigenvalue weighted by atomic mass is 16.5. The van der Waals surface area contributed by atoms with Gasteiger partial charge in [0.2, 0.25) is 5.91 Å². The second-order valence-electron chi connectivity index (χ2n) is 10.2.